The largest absolute Gasteiger partial charge is 0.378 e. The second-order valence-electron chi connectivity index (χ2n) is 3.14. The van der Waals surface area contributed by atoms with E-state index in [1.54, 1.807) is 0 Å². The Hall–Kier alpha value is -0.130. The van der Waals surface area contributed by atoms with Crippen LogP contribution in [0.2, 0.25) is 0 Å². The van der Waals surface area contributed by atoms with Gasteiger partial charge < -0.3 is 4.74 Å². The summed E-state index contributed by atoms with van der Waals surface area (Å²) < 4.78 is 26.4. The third-order valence-electron chi connectivity index (χ3n) is 1.98. The molecule has 0 radical (unpaired) electrons. The Kier molecular flexibility index (Phi) is 3.49. The molecule has 1 unspecified atom stereocenters. The molecule has 1 heterocycles. The highest BCUT2D eigenvalue weighted by Gasteiger charge is 2.15. The maximum absolute atomic E-state index is 10.5. The predicted molar refractivity (Wildman–Crippen MR) is 46.2 cm³/mol. The summed E-state index contributed by atoms with van der Waals surface area (Å²) in [4.78, 5) is 0. The minimum atomic E-state index is -3.27. The van der Waals surface area contributed by atoms with E-state index in [9.17, 15) is 8.42 Å². The molecular formula is C7H15NO3S. The van der Waals surface area contributed by atoms with Gasteiger partial charge in [0.2, 0.25) is 10.0 Å². The minimum Gasteiger partial charge on any atom is -0.378 e. The maximum Gasteiger partial charge on any atom is 0.209 e. The maximum atomic E-state index is 10.5. The van der Waals surface area contributed by atoms with Crippen LogP contribution < -0.4 is 5.14 Å². The Bertz CT molecular complexity index is 219. The average molecular weight is 193 g/mol. The van der Waals surface area contributed by atoms with Gasteiger partial charge in [0.15, 0.2) is 0 Å². The Morgan fingerprint density at radius 1 is 1.50 bits per heavy atom. The smallest absolute Gasteiger partial charge is 0.209 e. The molecule has 1 rings (SSSR count). The Morgan fingerprint density at radius 2 is 2.25 bits per heavy atom. The van der Waals surface area contributed by atoms with Gasteiger partial charge in [-0.3, -0.25) is 0 Å². The van der Waals surface area contributed by atoms with E-state index in [0.717, 1.165) is 25.9 Å². The first-order valence-electron chi connectivity index (χ1n) is 4.20. The second-order valence-corrected chi connectivity index (χ2v) is 4.88. The number of sulfonamides is 1. The van der Waals surface area contributed by atoms with Gasteiger partial charge in [-0.05, 0) is 25.7 Å². The lowest BCUT2D eigenvalue weighted by Gasteiger charge is -2.07. The highest BCUT2D eigenvalue weighted by molar-refractivity contribution is 7.89. The molecule has 0 aromatic rings. The van der Waals surface area contributed by atoms with Gasteiger partial charge in [-0.25, -0.2) is 13.6 Å². The van der Waals surface area contributed by atoms with Crippen molar-refractivity contribution in [3.63, 3.8) is 0 Å². The van der Waals surface area contributed by atoms with Gasteiger partial charge in [-0.2, -0.15) is 0 Å². The standard InChI is InChI=1S/C7H15NO3S/c8-12(9,10)6-2-4-7-3-1-5-11-7/h7H,1-6H2,(H2,8,9,10). The first-order chi connectivity index (χ1) is 5.58. The highest BCUT2D eigenvalue weighted by atomic mass is 32.2. The molecule has 4 nitrogen and oxygen atoms in total. The van der Waals surface area contributed by atoms with Crippen molar-refractivity contribution in [2.45, 2.75) is 31.8 Å². The van der Waals surface area contributed by atoms with E-state index >= 15 is 0 Å². The summed E-state index contributed by atoms with van der Waals surface area (Å²) in [6, 6.07) is 0. The van der Waals surface area contributed by atoms with Crippen LogP contribution in [-0.2, 0) is 14.8 Å². The third kappa shape index (κ3) is 4.04. The van der Waals surface area contributed by atoms with Crippen LogP contribution in [0.25, 0.3) is 0 Å². The van der Waals surface area contributed by atoms with Gasteiger partial charge in [0.1, 0.15) is 0 Å². The van der Waals surface area contributed by atoms with Crippen LogP contribution in [0.3, 0.4) is 0 Å². The van der Waals surface area contributed by atoms with E-state index in [1.807, 2.05) is 0 Å². The summed E-state index contributed by atoms with van der Waals surface area (Å²) >= 11 is 0. The van der Waals surface area contributed by atoms with Crippen LogP contribution in [0.15, 0.2) is 0 Å². The van der Waals surface area contributed by atoms with Gasteiger partial charge in [-0.15, -0.1) is 0 Å². The lowest BCUT2D eigenvalue weighted by atomic mass is 10.1. The minimum absolute atomic E-state index is 0.0762. The Morgan fingerprint density at radius 3 is 2.75 bits per heavy atom. The fourth-order valence-electron chi connectivity index (χ4n) is 1.38. The van der Waals surface area contributed by atoms with E-state index in [1.165, 1.54) is 0 Å². The van der Waals surface area contributed by atoms with E-state index in [2.05, 4.69) is 0 Å². The Labute approximate surface area is 73.1 Å². The molecular weight excluding hydrogens is 178 g/mol. The second kappa shape index (κ2) is 4.20. The molecule has 1 aliphatic rings. The summed E-state index contributed by atoms with van der Waals surface area (Å²) in [6.07, 6.45) is 3.86. The zero-order valence-electron chi connectivity index (χ0n) is 7.03. The van der Waals surface area contributed by atoms with Crippen molar-refractivity contribution in [1.29, 1.82) is 0 Å². The topological polar surface area (TPSA) is 69.4 Å². The molecule has 1 saturated heterocycles. The molecule has 1 fully saturated rings. The molecule has 0 amide bonds. The zero-order chi connectivity index (χ0) is 9.03. The van der Waals surface area contributed by atoms with E-state index < -0.39 is 10.0 Å². The van der Waals surface area contributed by atoms with E-state index in [-0.39, 0.29) is 11.9 Å². The number of rotatable bonds is 4. The molecule has 0 aromatic heterocycles. The van der Waals surface area contributed by atoms with Crippen LogP contribution in [0.5, 0.6) is 0 Å². The molecule has 12 heavy (non-hydrogen) atoms. The van der Waals surface area contributed by atoms with Crippen LogP contribution in [0, 0.1) is 0 Å². The first kappa shape index (κ1) is 9.95. The van der Waals surface area contributed by atoms with Crippen molar-refractivity contribution in [3.05, 3.63) is 0 Å². The summed E-state index contributed by atoms with van der Waals surface area (Å²) in [5.41, 5.74) is 0. The molecule has 2 N–H and O–H groups in total. The van der Waals surface area contributed by atoms with Gasteiger partial charge in [0, 0.05) is 6.61 Å². The molecule has 72 valence electrons. The molecule has 1 aliphatic heterocycles. The van der Waals surface area contributed by atoms with Gasteiger partial charge >= 0.3 is 0 Å². The van der Waals surface area contributed by atoms with Gasteiger partial charge in [0.05, 0.1) is 11.9 Å². The molecule has 0 saturated carbocycles. The predicted octanol–water partition coefficient (Wildman–Crippen LogP) is 0.234. The normalized spacial score (nSPS) is 24.6. The lowest BCUT2D eigenvalue weighted by molar-refractivity contribution is 0.104. The number of primary sulfonamides is 1. The van der Waals surface area contributed by atoms with Crippen molar-refractivity contribution >= 4 is 10.0 Å². The average Bonchev–Trinajstić information content (AvgIpc) is 2.36. The Balaban J connectivity index is 2.09. The van der Waals surface area contributed by atoms with Crippen molar-refractivity contribution in [2.75, 3.05) is 12.4 Å². The lowest BCUT2D eigenvalue weighted by Crippen LogP contribution is -2.17. The zero-order valence-corrected chi connectivity index (χ0v) is 7.85. The molecule has 0 aliphatic carbocycles. The molecule has 5 heteroatoms. The van der Waals surface area contributed by atoms with E-state index in [4.69, 9.17) is 9.88 Å². The van der Waals surface area contributed by atoms with Crippen LogP contribution in [-0.4, -0.2) is 26.9 Å². The fraction of sp³-hybridized carbons (Fsp3) is 1.00. The van der Waals surface area contributed by atoms with Crippen molar-refractivity contribution in [3.8, 4) is 0 Å². The summed E-state index contributed by atoms with van der Waals surface area (Å²) in [5.74, 6) is 0.0762. The number of ether oxygens (including phenoxy) is 1. The number of hydrogen-bond donors (Lipinski definition) is 1. The van der Waals surface area contributed by atoms with Crippen molar-refractivity contribution < 1.29 is 13.2 Å². The summed E-state index contributed by atoms with van der Waals surface area (Å²) in [6.45, 7) is 0.819. The van der Waals surface area contributed by atoms with Crippen LogP contribution in [0.1, 0.15) is 25.7 Å². The quantitative estimate of drug-likeness (QED) is 0.695. The monoisotopic (exact) mass is 193 g/mol. The van der Waals surface area contributed by atoms with Crippen molar-refractivity contribution in [2.24, 2.45) is 5.14 Å². The highest BCUT2D eigenvalue weighted by Crippen LogP contribution is 2.16. The molecule has 0 spiro atoms. The third-order valence-corrected chi connectivity index (χ3v) is 2.84. The van der Waals surface area contributed by atoms with Crippen LogP contribution in [0.4, 0.5) is 0 Å². The SMILES string of the molecule is NS(=O)(=O)CCCC1CCCO1. The molecule has 0 aromatic carbocycles. The molecule has 0 bridgehead atoms. The van der Waals surface area contributed by atoms with Gasteiger partial charge in [0.25, 0.3) is 0 Å². The first-order valence-corrected chi connectivity index (χ1v) is 5.91. The van der Waals surface area contributed by atoms with E-state index in [0.29, 0.717) is 6.42 Å². The van der Waals surface area contributed by atoms with Crippen molar-refractivity contribution in [1.82, 2.24) is 0 Å². The molecule has 1 atom stereocenters. The summed E-state index contributed by atoms with van der Waals surface area (Å²) in [5, 5.41) is 4.85. The summed E-state index contributed by atoms with van der Waals surface area (Å²) in [7, 11) is -3.27. The number of nitrogens with two attached hydrogens (primary N) is 1. The number of hydrogen-bond acceptors (Lipinski definition) is 3. The fourth-order valence-corrected chi connectivity index (χ4v) is 1.95. The van der Waals surface area contributed by atoms with Gasteiger partial charge in [-0.1, -0.05) is 0 Å². The van der Waals surface area contributed by atoms with Crippen LogP contribution >= 0.6 is 0 Å².